The molecule has 1 aromatic carbocycles. The van der Waals surface area contributed by atoms with Crippen molar-refractivity contribution in [1.82, 2.24) is 0 Å². The van der Waals surface area contributed by atoms with Crippen LogP contribution < -0.4 is 0 Å². The van der Waals surface area contributed by atoms with Gasteiger partial charge in [-0.15, -0.1) is 0 Å². The quantitative estimate of drug-likeness (QED) is 0.615. The Labute approximate surface area is 123 Å². The highest BCUT2D eigenvalue weighted by atomic mass is 35.5. The van der Waals surface area contributed by atoms with Gasteiger partial charge < -0.3 is 9.47 Å². The fourth-order valence-electron chi connectivity index (χ4n) is 1.61. The van der Waals surface area contributed by atoms with Crippen LogP contribution in [0.5, 0.6) is 0 Å². The molecule has 0 aliphatic carbocycles. The first-order valence-corrected chi connectivity index (χ1v) is 6.61. The number of hydrogen-bond donors (Lipinski definition) is 0. The van der Waals surface area contributed by atoms with Gasteiger partial charge in [-0.05, 0) is 24.1 Å². The zero-order chi connectivity index (χ0) is 15.1. The van der Waals surface area contributed by atoms with Crippen LogP contribution in [0.1, 0.15) is 32.8 Å². The fraction of sp³-hybridized carbons (Fsp3) is 0.333. The van der Waals surface area contributed by atoms with E-state index >= 15 is 0 Å². The van der Waals surface area contributed by atoms with E-state index in [1.54, 1.807) is 12.1 Å². The molecule has 20 heavy (non-hydrogen) atoms. The van der Waals surface area contributed by atoms with E-state index in [-0.39, 0.29) is 0 Å². The maximum absolute atomic E-state index is 11.1. The highest BCUT2D eigenvalue weighted by molar-refractivity contribution is 6.32. The number of carbonyl (C=O) groups excluding carboxylic acids is 2. The van der Waals surface area contributed by atoms with Gasteiger partial charge in [-0.25, -0.2) is 0 Å². The van der Waals surface area contributed by atoms with Crippen molar-refractivity contribution >= 4 is 29.6 Å². The molecule has 0 heterocycles. The van der Waals surface area contributed by atoms with Gasteiger partial charge in [0.15, 0.2) is 0 Å². The third-order valence-corrected chi connectivity index (χ3v) is 2.85. The molecule has 0 saturated carbocycles. The zero-order valence-electron chi connectivity index (χ0n) is 11.7. The first-order chi connectivity index (χ1) is 9.43. The van der Waals surface area contributed by atoms with Crippen molar-refractivity contribution in [2.24, 2.45) is 0 Å². The summed E-state index contributed by atoms with van der Waals surface area (Å²) in [6, 6.07) is 7.25. The number of carbonyl (C=O) groups is 2. The van der Waals surface area contributed by atoms with Crippen LogP contribution in [0.2, 0.25) is 5.02 Å². The summed E-state index contributed by atoms with van der Waals surface area (Å²) in [7, 11) is 0. The van der Waals surface area contributed by atoms with E-state index in [1.807, 2.05) is 25.1 Å². The Kier molecular flexibility index (Phi) is 6.25. The minimum Gasteiger partial charge on any atom is -0.421 e. The van der Waals surface area contributed by atoms with Crippen molar-refractivity contribution in [1.29, 1.82) is 0 Å². The topological polar surface area (TPSA) is 52.6 Å². The summed E-state index contributed by atoms with van der Waals surface area (Å²) in [4.78, 5) is 22.2. The van der Waals surface area contributed by atoms with E-state index < -0.39 is 18.2 Å². The first kappa shape index (κ1) is 16.2. The monoisotopic (exact) mass is 296 g/mol. The summed E-state index contributed by atoms with van der Waals surface area (Å²) in [5.74, 6) is -1.04. The lowest BCUT2D eigenvalue weighted by molar-refractivity contribution is -0.178. The Morgan fingerprint density at radius 2 is 1.75 bits per heavy atom. The Morgan fingerprint density at radius 1 is 1.20 bits per heavy atom. The molecule has 1 rings (SSSR count). The molecule has 0 aliphatic rings. The maximum Gasteiger partial charge on any atom is 0.305 e. The number of ether oxygens (including phenoxy) is 2. The number of rotatable bonds is 5. The van der Waals surface area contributed by atoms with E-state index in [0.717, 1.165) is 5.56 Å². The predicted octanol–water partition coefficient (Wildman–Crippen LogP) is 3.59. The molecule has 0 saturated heterocycles. The molecule has 0 N–H and O–H groups in total. The molecule has 5 heteroatoms. The second-order valence-corrected chi connectivity index (χ2v) is 4.55. The highest BCUT2D eigenvalue weighted by Gasteiger charge is 2.19. The van der Waals surface area contributed by atoms with Gasteiger partial charge in [0.2, 0.25) is 0 Å². The standard InChI is InChI=1S/C15H17ClO4/c1-4-12(9-13-7-5-6-8-14(13)16)15(19-10(2)17)20-11(3)18/h5-9,15H,4H2,1-3H3/b12-9+. The number of halogens is 1. The van der Waals surface area contributed by atoms with E-state index in [1.165, 1.54) is 13.8 Å². The molecule has 0 aliphatic heterocycles. The minimum atomic E-state index is -1.02. The molecule has 0 unspecified atom stereocenters. The van der Waals surface area contributed by atoms with Gasteiger partial charge in [0, 0.05) is 24.4 Å². The van der Waals surface area contributed by atoms with Crippen LogP contribution in [-0.4, -0.2) is 18.2 Å². The zero-order valence-corrected chi connectivity index (χ0v) is 12.4. The average Bonchev–Trinajstić information content (AvgIpc) is 2.36. The van der Waals surface area contributed by atoms with Crippen LogP contribution in [0.4, 0.5) is 0 Å². The lowest BCUT2D eigenvalue weighted by Crippen LogP contribution is -2.24. The SMILES string of the molecule is CC/C(=C\c1ccccc1Cl)C(OC(C)=O)OC(C)=O. The van der Waals surface area contributed by atoms with Gasteiger partial charge in [0.25, 0.3) is 6.29 Å². The van der Waals surface area contributed by atoms with Gasteiger partial charge in [0.1, 0.15) is 0 Å². The van der Waals surface area contributed by atoms with Gasteiger partial charge in [-0.1, -0.05) is 36.7 Å². The Hall–Kier alpha value is -1.81. The fourth-order valence-corrected chi connectivity index (χ4v) is 1.80. The Bertz CT molecular complexity index is 506. The van der Waals surface area contributed by atoms with Crippen LogP contribution >= 0.6 is 11.6 Å². The van der Waals surface area contributed by atoms with Crippen molar-refractivity contribution in [3.05, 3.63) is 40.4 Å². The van der Waals surface area contributed by atoms with Crippen LogP contribution in [0.25, 0.3) is 6.08 Å². The van der Waals surface area contributed by atoms with E-state index in [9.17, 15) is 9.59 Å². The maximum atomic E-state index is 11.1. The van der Waals surface area contributed by atoms with Crippen LogP contribution in [0.15, 0.2) is 29.8 Å². The third-order valence-electron chi connectivity index (χ3n) is 2.50. The third kappa shape index (κ3) is 5.05. The van der Waals surface area contributed by atoms with Crippen molar-refractivity contribution in [2.75, 3.05) is 0 Å². The summed E-state index contributed by atoms with van der Waals surface area (Å²) in [5, 5.41) is 0.572. The Morgan fingerprint density at radius 3 is 2.20 bits per heavy atom. The van der Waals surface area contributed by atoms with Gasteiger partial charge in [0.05, 0.1) is 0 Å². The molecule has 4 nitrogen and oxygen atoms in total. The van der Waals surface area contributed by atoms with Crippen LogP contribution in [-0.2, 0) is 19.1 Å². The van der Waals surface area contributed by atoms with Crippen molar-refractivity contribution < 1.29 is 19.1 Å². The summed E-state index contributed by atoms with van der Waals surface area (Å²) >= 11 is 6.08. The van der Waals surface area contributed by atoms with E-state index in [2.05, 4.69) is 0 Å². The number of hydrogen-bond acceptors (Lipinski definition) is 4. The lowest BCUT2D eigenvalue weighted by atomic mass is 10.1. The lowest BCUT2D eigenvalue weighted by Gasteiger charge is -2.19. The molecule has 0 atom stereocenters. The predicted molar refractivity (Wildman–Crippen MR) is 77.0 cm³/mol. The summed E-state index contributed by atoms with van der Waals surface area (Å²) in [6.45, 7) is 4.40. The molecular weight excluding hydrogens is 280 g/mol. The summed E-state index contributed by atoms with van der Waals surface area (Å²) in [5.41, 5.74) is 1.43. The van der Waals surface area contributed by atoms with Crippen molar-refractivity contribution in [3.8, 4) is 0 Å². The molecule has 0 radical (unpaired) electrons. The van der Waals surface area contributed by atoms with Gasteiger partial charge >= 0.3 is 11.9 Å². The summed E-state index contributed by atoms with van der Waals surface area (Å²) < 4.78 is 10.1. The van der Waals surface area contributed by atoms with Gasteiger partial charge in [-0.2, -0.15) is 0 Å². The van der Waals surface area contributed by atoms with Gasteiger partial charge in [-0.3, -0.25) is 9.59 Å². The molecule has 0 amide bonds. The average molecular weight is 297 g/mol. The molecule has 0 aromatic heterocycles. The number of benzene rings is 1. The molecule has 0 fully saturated rings. The van der Waals surface area contributed by atoms with E-state index in [0.29, 0.717) is 17.0 Å². The van der Waals surface area contributed by atoms with E-state index in [4.69, 9.17) is 21.1 Å². The van der Waals surface area contributed by atoms with Crippen molar-refractivity contribution in [2.45, 2.75) is 33.5 Å². The van der Waals surface area contributed by atoms with Crippen LogP contribution in [0, 0.1) is 0 Å². The largest absolute Gasteiger partial charge is 0.421 e. The second kappa shape index (κ2) is 7.70. The molecule has 1 aromatic rings. The molecule has 108 valence electrons. The van der Waals surface area contributed by atoms with Crippen molar-refractivity contribution in [3.63, 3.8) is 0 Å². The summed E-state index contributed by atoms with van der Waals surface area (Å²) in [6.07, 6.45) is 1.29. The van der Waals surface area contributed by atoms with Crippen LogP contribution in [0.3, 0.4) is 0 Å². The highest BCUT2D eigenvalue weighted by Crippen LogP contribution is 2.22. The normalized spacial score (nSPS) is 11.3. The Balaban J connectivity index is 3.08. The first-order valence-electron chi connectivity index (χ1n) is 6.23. The molecule has 0 bridgehead atoms. The molecular formula is C15H17ClO4. The second-order valence-electron chi connectivity index (χ2n) is 4.15. The molecule has 0 spiro atoms. The minimum absolute atomic E-state index is 0.519. The smallest absolute Gasteiger partial charge is 0.305 e. The number of esters is 2.